The van der Waals surface area contributed by atoms with E-state index in [1.807, 2.05) is 42.6 Å². The van der Waals surface area contributed by atoms with Crippen molar-refractivity contribution < 1.29 is 0 Å². The molecule has 0 spiro atoms. The molecule has 0 atom stereocenters. The van der Waals surface area contributed by atoms with E-state index in [4.69, 9.17) is 4.98 Å². The van der Waals surface area contributed by atoms with Gasteiger partial charge in [-0.3, -0.25) is 4.98 Å². The zero-order chi connectivity index (χ0) is 16.6. The second-order valence-electron chi connectivity index (χ2n) is 6.02. The third-order valence-corrected chi connectivity index (χ3v) is 4.51. The number of hydrogen-bond donors (Lipinski definition) is 0. The van der Waals surface area contributed by atoms with Gasteiger partial charge in [-0.2, -0.15) is 4.52 Å². The van der Waals surface area contributed by atoms with E-state index < -0.39 is 0 Å². The number of fused-ring (bicyclic) bond motifs is 2. The number of piperazine rings is 1. The van der Waals surface area contributed by atoms with Crippen LogP contribution in [-0.2, 0) is 0 Å². The Morgan fingerprint density at radius 2 is 1.56 bits per heavy atom. The van der Waals surface area contributed by atoms with E-state index in [-0.39, 0.29) is 0 Å². The zero-order valence-corrected chi connectivity index (χ0v) is 13.5. The van der Waals surface area contributed by atoms with Crippen LogP contribution in [0.2, 0.25) is 0 Å². The van der Waals surface area contributed by atoms with E-state index >= 15 is 0 Å². The summed E-state index contributed by atoms with van der Waals surface area (Å²) < 4.78 is 1.70. The maximum absolute atomic E-state index is 4.74. The van der Waals surface area contributed by atoms with Crippen LogP contribution in [0, 0.1) is 0 Å². The number of anilines is 2. The molecule has 0 N–H and O–H groups in total. The Bertz CT molecular complexity index is 1030. The van der Waals surface area contributed by atoms with Gasteiger partial charge in [-0.1, -0.05) is 12.1 Å². The highest BCUT2D eigenvalue weighted by molar-refractivity contribution is 5.75. The molecule has 0 saturated carbocycles. The minimum absolute atomic E-state index is 0.758. The summed E-state index contributed by atoms with van der Waals surface area (Å²) in [6.45, 7) is 3.54. The molecule has 1 saturated heterocycles. The number of aromatic nitrogens is 6. The molecule has 0 bridgehead atoms. The van der Waals surface area contributed by atoms with E-state index in [1.165, 1.54) is 0 Å². The molecule has 8 nitrogen and oxygen atoms in total. The summed E-state index contributed by atoms with van der Waals surface area (Å²) in [5, 5.41) is 12.4. The predicted molar refractivity (Wildman–Crippen MR) is 94.7 cm³/mol. The summed E-state index contributed by atoms with van der Waals surface area (Å²) in [5.74, 6) is 1.87. The second-order valence-corrected chi connectivity index (χ2v) is 6.02. The van der Waals surface area contributed by atoms with Gasteiger partial charge in [0.2, 0.25) is 0 Å². The van der Waals surface area contributed by atoms with Crippen LogP contribution in [0.4, 0.5) is 11.6 Å². The maximum atomic E-state index is 4.74. The van der Waals surface area contributed by atoms with E-state index in [9.17, 15) is 0 Å². The van der Waals surface area contributed by atoms with Gasteiger partial charge in [0.1, 0.15) is 18.0 Å². The Labute approximate surface area is 143 Å². The standard InChI is InChI=1S/C17H16N8/c1-2-4-14-13(3-1)18-11-17(20-14)24-9-7-23(8-10-24)16-6-5-15-21-19-12-25(15)22-16/h1-6,11-12H,7-10H2. The van der Waals surface area contributed by atoms with Crippen LogP contribution in [0.15, 0.2) is 48.9 Å². The monoisotopic (exact) mass is 332 g/mol. The van der Waals surface area contributed by atoms with Crippen molar-refractivity contribution >= 4 is 28.3 Å². The number of rotatable bonds is 2. The minimum Gasteiger partial charge on any atom is -0.352 e. The molecule has 0 radical (unpaired) electrons. The molecule has 25 heavy (non-hydrogen) atoms. The molecule has 0 aliphatic carbocycles. The fourth-order valence-electron chi connectivity index (χ4n) is 3.15. The Morgan fingerprint density at radius 1 is 0.800 bits per heavy atom. The van der Waals surface area contributed by atoms with Crippen molar-refractivity contribution in [3.05, 3.63) is 48.9 Å². The highest BCUT2D eigenvalue weighted by Crippen LogP contribution is 2.19. The van der Waals surface area contributed by atoms with Crippen molar-refractivity contribution in [3.63, 3.8) is 0 Å². The molecular weight excluding hydrogens is 316 g/mol. The average molecular weight is 332 g/mol. The number of para-hydroxylation sites is 2. The Kier molecular flexibility index (Phi) is 3.19. The topological polar surface area (TPSA) is 75.3 Å². The van der Waals surface area contributed by atoms with Crippen molar-refractivity contribution in [3.8, 4) is 0 Å². The van der Waals surface area contributed by atoms with Gasteiger partial charge < -0.3 is 9.80 Å². The molecule has 0 unspecified atom stereocenters. The molecular formula is C17H16N8. The smallest absolute Gasteiger partial charge is 0.177 e. The molecule has 124 valence electrons. The summed E-state index contributed by atoms with van der Waals surface area (Å²) in [6.07, 6.45) is 3.49. The van der Waals surface area contributed by atoms with Gasteiger partial charge in [0.05, 0.1) is 17.2 Å². The molecule has 5 rings (SSSR count). The first-order chi connectivity index (χ1) is 12.4. The largest absolute Gasteiger partial charge is 0.352 e. The molecule has 4 aromatic rings. The number of nitrogens with zero attached hydrogens (tertiary/aromatic N) is 8. The number of benzene rings is 1. The van der Waals surface area contributed by atoms with Crippen LogP contribution < -0.4 is 9.80 Å². The highest BCUT2D eigenvalue weighted by Gasteiger charge is 2.20. The summed E-state index contributed by atoms with van der Waals surface area (Å²) >= 11 is 0. The van der Waals surface area contributed by atoms with E-state index in [1.54, 1.807) is 10.8 Å². The normalized spacial score (nSPS) is 15.2. The van der Waals surface area contributed by atoms with Crippen molar-refractivity contribution in [1.29, 1.82) is 0 Å². The van der Waals surface area contributed by atoms with Gasteiger partial charge >= 0.3 is 0 Å². The molecule has 1 aliphatic heterocycles. The van der Waals surface area contributed by atoms with E-state index in [2.05, 4.69) is 30.1 Å². The fourth-order valence-corrected chi connectivity index (χ4v) is 3.15. The maximum Gasteiger partial charge on any atom is 0.177 e. The third kappa shape index (κ3) is 2.51. The van der Waals surface area contributed by atoms with Crippen molar-refractivity contribution in [2.24, 2.45) is 0 Å². The second kappa shape index (κ2) is 5.66. The summed E-state index contributed by atoms with van der Waals surface area (Å²) in [7, 11) is 0. The third-order valence-electron chi connectivity index (χ3n) is 4.51. The van der Waals surface area contributed by atoms with Gasteiger partial charge in [-0.25, -0.2) is 4.98 Å². The summed E-state index contributed by atoms with van der Waals surface area (Å²) in [4.78, 5) is 13.8. The fraction of sp³-hybridized carbons (Fsp3) is 0.235. The molecule has 1 fully saturated rings. The first-order valence-corrected chi connectivity index (χ1v) is 8.26. The van der Waals surface area contributed by atoms with Crippen LogP contribution in [-0.4, -0.2) is 56.0 Å². The van der Waals surface area contributed by atoms with Crippen LogP contribution >= 0.6 is 0 Å². The minimum atomic E-state index is 0.758. The van der Waals surface area contributed by atoms with Crippen molar-refractivity contribution in [2.45, 2.75) is 0 Å². The first kappa shape index (κ1) is 14.1. The lowest BCUT2D eigenvalue weighted by Gasteiger charge is -2.35. The van der Waals surface area contributed by atoms with Crippen LogP contribution in [0.1, 0.15) is 0 Å². The van der Waals surface area contributed by atoms with Crippen molar-refractivity contribution in [2.75, 3.05) is 36.0 Å². The summed E-state index contributed by atoms with van der Waals surface area (Å²) in [6, 6.07) is 11.9. The zero-order valence-electron chi connectivity index (χ0n) is 13.5. The Morgan fingerprint density at radius 3 is 2.40 bits per heavy atom. The van der Waals surface area contributed by atoms with Gasteiger partial charge in [0.15, 0.2) is 5.65 Å². The molecule has 4 heterocycles. The Balaban J connectivity index is 1.34. The van der Waals surface area contributed by atoms with Gasteiger partial charge in [-0.05, 0) is 24.3 Å². The highest BCUT2D eigenvalue weighted by atomic mass is 15.4. The van der Waals surface area contributed by atoms with Crippen LogP contribution in [0.5, 0.6) is 0 Å². The molecule has 0 amide bonds. The van der Waals surface area contributed by atoms with Gasteiger partial charge in [0, 0.05) is 26.2 Å². The lowest BCUT2D eigenvalue weighted by Crippen LogP contribution is -2.47. The van der Waals surface area contributed by atoms with Gasteiger partial charge in [-0.15, -0.1) is 15.3 Å². The number of hydrogen-bond acceptors (Lipinski definition) is 7. The van der Waals surface area contributed by atoms with E-state index in [0.717, 1.165) is 54.5 Å². The first-order valence-electron chi connectivity index (χ1n) is 8.26. The summed E-state index contributed by atoms with van der Waals surface area (Å²) in [5.41, 5.74) is 2.62. The SMILES string of the molecule is c1ccc2nc(N3CCN(c4ccc5nncn5n4)CC3)cnc2c1. The van der Waals surface area contributed by atoms with Crippen LogP contribution in [0.25, 0.3) is 16.7 Å². The quantitative estimate of drug-likeness (QED) is 0.549. The lowest BCUT2D eigenvalue weighted by atomic mass is 10.3. The van der Waals surface area contributed by atoms with Gasteiger partial charge in [0.25, 0.3) is 0 Å². The lowest BCUT2D eigenvalue weighted by molar-refractivity contribution is 0.636. The Hall–Kier alpha value is -3.29. The predicted octanol–water partition coefficient (Wildman–Crippen LogP) is 1.39. The average Bonchev–Trinajstić information content (AvgIpc) is 3.15. The van der Waals surface area contributed by atoms with E-state index in [0.29, 0.717) is 0 Å². The van der Waals surface area contributed by atoms with Crippen LogP contribution in [0.3, 0.4) is 0 Å². The molecule has 1 aromatic carbocycles. The van der Waals surface area contributed by atoms with Crippen molar-refractivity contribution in [1.82, 2.24) is 29.8 Å². The molecule has 3 aromatic heterocycles. The molecule has 8 heteroatoms. The molecule has 1 aliphatic rings.